The average molecular weight is 1000 g/mol. The fourth-order valence-corrected chi connectivity index (χ4v) is 12.8. The third-order valence-electron chi connectivity index (χ3n) is 16.8. The summed E-state index contributed by atoms with van der Waals surface area (Å²) in [5, 5.41) is 27.6. The third-order valence-corrected chi connectivity index (χ3v) is 16.8. The van der Waals surface area contributed by atoms with E-state index in [0.717, 1.165) is 101 Å². The van der Waals surface area contributed by atoms with Crippen molar-refractivity contribution in [3.8, 4) is 11.3 Å². The molecule has 11 rings (SSSR count). The molecule has 3 amide bonds. The molecule has 1 atom stereocenters. The molecule has 0 radical (unpaired) electrons. The van der Waals surface area contributed by atoms with Crippen molar-refractivity contribution in [1.82, 2.24) is 28.9 Å². The summed E-state index contributed by atoms with van der Waals surface area (Å²) >= 11 is 0. The number of piperazine rings is 1. The predicted molar refractivity (Wildman–Crippen MR) is 287 cm³/mol. The highest BCUT2D eigenvalue weighted by molar-refractivity contribution is 6.06. The van der Waals surface area contributed by atoms with Gasteiger partial charge in [-0.3, -0.25) is 29.0 Å². The summed E-state index contributed by atoms with van der Waals surface area (Å²) in [7, 11) is 1.64. The number of rotatable bonds is 11. The van der Waals surface area contributed by atoms with Crippen LogP contribution in [0.1, 0.15) is 109 Å². The first-order chi connectivity index (χ1) is 35.5. The monoisotopic (exact) mass is 1000 g/mol. The lowest BCUT2D eigenvalue weighted by Gasteiger charge is -2.47. The van der Waals surface area contributed by atoms with Crippen molar-refractivity contribution >= 4 is 52.1 Å². The fraction of sp³-hybridized carbons (Fsp3) is 0.474. The molecule has 6 aliphatic rings. The molecule has 388 valence electrons. The van der Waals surface area contributed by atoms with Gasteiger partial charge in [-0.2, -0.15) is 0 Å². The van der Waals surface area contributed by atoms with Gasteiger partial charge in [-0.15, -0.1) is 0 Å². The van der Waals surface area contributed by atoms with Crippen molar-refractivity contribution in [2.45, 2.75) is 122 Å². The van der Waals surface area contributed by atoms with Crippen LogP contribution in [0.4, 0.5) is 34.4 Å². The van der Waals surface area contributed by atoms with Crippen molar-refractivity contribution in [3.63, 3.8) is 0 Å². The number of hydrogen-bond donors (Lipinski definition) is 4. The van der Waals surface area contributed by atoms with Crippen molar-refractivity contribution in [3.05, 3.63) is 118 Å². The molecule has 74 heavy (non-hydrogen) atoms. The Kier molecular flexibility index (Phi) is 12.8. The lowest BCUT2D eigenvalue weighted by atomic mass is 9.83. The number of fused-ring (bicyclic) bond motifs is 4. The lowest BCUT2D eigenvalue weighted by molar-refractivity contribution is -0.111. The highest BCUT2D eigenvalue weighted by atomic mass is 16.3. The van der Waals surface area contributed by atoms with Gasteiger partial charge in [0, 0.05) is 124 Å². The van der Waals surface area contributed by atoms with Gasteiger partial charge >= 0.3 is 0 Å². The maximum atomic E-state index is 14.1. The molecule has 4 aliphatic heterocycles. The van der Waals surface area contributed by atoms with Crippen molar-refractivity contribution < 1.29 is 24.6 Å². The van der Waals surface area contributed by atoms with Crippen LogP contribution in [0, 0.1) is 5.41 Å². The molecule has 1 saturated carbocycles. The highest BCUT2D eigenvalue weighted by Crippen LogP contribution is 2.41. The number of aliphatic hydroxyl groups excluding tert-OH is 1. The smallest absolute Gasteiger partial charge is 0.293 e. The van der Waals surface area contributed by atoms with Crippen molar-refractivity contribution in [1.29, 1.82) is 0 Å². The summed E-state index contributed by atoms with van der Waals surface area (Å²) in [6.07, 6.45) is 11.5. The number of nitrogens with one attached hydrogen (secondary N) is 2. The van der Waals surface area contributed by atoms with Gasteiger partial charge in [0.1, 0.15) is 11.5 Å². The van der Waals surface area contributed by atoms with Crippen LogP contribution in [0.5, 0.6) is 0 Å². The maximum Gasteiger partial charge on any atom is 0.293 e. The molecule has 2 aromatic carbocycles. The lowest BCUT2D eigenvalue weighted by Crippen LogP contribution is -2.57. The van der Waals surface area contributed by atoms with Crippen molar-refractivity contribution in [2.75, 3.05) is 64.6 Å². The van der Waals surface area contributed by atoms with Gasteiger partial charge in [-0.25, -0.2) is 9.97 Å². The summed E-state index contributed by atoms with van der Waals surface area (Å²) in [6, 6.07) is 16.5. The molecule has 4 N–H and O–H groups in total. The second kappa shape index (κ2) is 19.1. The Balaban J connectivity index is 0.760. The number of aromatic nitrogens is 4. The standard InChI is InChI=1S/C57H69N11O6/c1-7-50(70)60-45-28-38(59-51-55(73)62(6)33-46(61-51)43-14-19-58-52(44(43)34-69)67-25-24-66-48(54(67)72)27-36-29-56(3,4)30-49(36)66)8-11-47(45)65-23-22-64(31-35(65)2)39-15-20-63(21-16-39)41-9-10-42-37(26-41)32-68(53(42)71)40-12-17-57(5,74)18-13-40/h7-11,14,19,26-28,33,35,39-40,69,74H,1,12-13,15-18,20-25,29-32,34H2,2-6H3,(H,59,61)(H,60,70). The van der Waals surface area contributed by atoms with E-state index in [1.54, 1.807) is 30.4 Å². The summed E-state index contributed by atoms with van der Waals surface area (Å²) in [4.78, 5) is 74.7. The molecular weight excluding hydrogens is 935 g/mol. The molecule has 5 aromatic rings. The van der Waals surface area contributed by atoms with Gasteiger partial charge in [0.15, 0.2) is 5.82 Å². The zero-order chi connectivity index (χ0) is 51.8. The van der Waals surface area contributed by atoms with Gasteiger partial charge in [0.05, 0.1) is 29.3 Å². The number of benzene rings is 2. The summed E-state index contributed by atoms with van der Waals surface area (Å²) < 4.78 is 3.58. The Hall–Kier alpha value is -6.82. The Labute approximate surface area is 432 Å². The van der Waals surface area contributed by atoms with Crippen molar-refractivity contribution in [2.24, 2.45) is 12.5 Å². The van der Waals surface area contributed by atoms with Gasteiger partial charge in [-0.05, 0) is 136 Å². The molecule has 0 bridgehead atoms. The number of aryl methyl sites for hydroxylation is 1. The normalized spacial score (nSPS) is 23.0. The fourth-order valence-electron chi connectivity index (χ4n) is 12.8. The second-order valence-corrected chi connectivity index (χ2v) is 22.6. The Morgan fingerprint density at radius 2 is 1.65 bits per heavy atom. The second-order valence-electron chi connectivity index (χ2n) is 22.6. The van der Waals surface area contributed by atoms with Gasteiger partial charge in [0.25, 0.3) is 17.4 Å². The third kappa shape index (κ3) is 9.16. The van der Waals surface area contributed by atoms with Crippen LogP contribution in [0.3, 0.4) is 0 Å². The number of anilines is 6. The first-order valence-electron chi connectivity index (χ1n) is 26.4. The van der Waals surface area contributed by atoms with Gasteiger partial charge < -0.3 is 44.7 Å². The number of nitrogens with zero attached hydrogens (tertiary/aromatic N) is 9. The number of aliphatic hydroxyl groups is 2. The van der Waals surface area contributed by atoms with Gasteiger partial charge in [-0.1, -0.05) is 20.4 Å². The van der Waals surface area contributed by atoms with E-state index in [4.69, 9.17) is 4.98 Å². The van der Waals surface area contributed by atoms with Crippen LogP contribution >= 0.6 is 0 Å². The van der Waals surface area contributed by atoms with E-state index in [2.05, 4.69) is 74.4 Å². The SMILES string of the molecule is C=CC(=O)Nc1cc(Nc2nc(-c3ccnc(N4CCn5c(cc6c5CC(C)(C)C6)C4=O)c3CO)cn(C)c2=O)ccc1N1CCN(C2CCN(c3ccc4c(c3)CN(C3CCC(C)(O)CC3)C4=O)CC2)CC1C. The Morgan fingerprint density at radius 1 is 0.865 bits per heavy atom. The minimum Gasteiger partial charge on any atom is -0.392 e. The molecule has 3 aromatic heterocycles. The number of hydrogen-bond acceptors (Lipinski definition) is 12. The largest absolute Gasteiger partial charge is 0.392 e. The first kappa shape index (κ1) is 49.4. The van der Waals surface area contributed by atoms with E-state index in [1.165, 1.54) is 27.6 Å². The number of carbonyl (C=O) groups is 3. The molecule has 2 saturated heterocycles. The summed E-state index contributed by atoms with van der Waals surface area (Å²) in [5.41, 5.74) is 8.65. The molecule has 7 heterocycles. The molecular formula is C57H69N11O6. The maximum absolute atomic E-state index is 14.1. The van der Waals surface area contributed by atoms with Crippen LogP contribution in [0.2, 0.25) is 0 Å². The van der Waals surface area contributed by atoms with Crippen LogP contribution in [0.25, 0.3) is 11.3 Å². The van der Waals surface area contributed by atoms with Crippen LogP contribution in [-0.2, 0) is 44.4 Å². The van der Waals surface area contributed by atoms with Crippen LogP contribution < -0.4 is 30.9 Å². The number of pyridine rings is 1. The van der Waals surface area contributed by atoms with E-state index in [-0.39, 0.29) is 46.6 Å². The molecule has 2 aliphatic carbocycles. The van der Waals surface area contributed by atoms with E-state index in [9.17, 15) is 29.4 Å². The molecule has 3 fully saturated rings. The zero-order valence-corrected chi connectivity index (χ0v) is 43.4. The summed E-state index contributed by atoms with van der Waals surface area (Å²) in [6.45, 7) is 17.9. The molecule has 0 spiro atoms. The number of piperidine rings is 1. The van der Waals surface area contributed by atoms with Gasteiger partial charge in [0.2, 0.25) is 5.91 Å². The van der Waals surface area contributed by atoms with E-state index in [1.807, 2.05) is 42.2 Å². The number of carbonyl (C=O) groups excluding carboxylic acids is 3. The topological polar surface area (TPSA) is 185 Å². The van der Waals surface area contributed by atoms with Crippen LogP contribution in [0.15, 0.2) is 78.4 Å². The van der Waals surface area contributed by atoms with E-state index in [0.29, 0.717) is 65.4 Å². The molecule has 17 nitrogen and oxygen atoms in total. The molecule has 1 unspecified atom stereocenters. The Bertz CT molecular complexity index is 3120. The zero-order valence-electron chi connectivity index (χ0n) is 43.4. The number of amides is 3. The van der Waals surface area contributed by atoms with Crippen LogP contribution in [-0.4, -0.2) is 120 Å². The molecule has 17 heteroatoms. The quantitative estimate of drug-likeness (QED) is 0.104. The predicted octanol–water partition coefficient (Wildman–Crippen LogP) is 6.62. The summed E-state index contributed by atoms with van der Waals surface area (Å²) in [5.74, 6) is -0.00354. The Morgan fingerprint density at radius 3 is 2.39 bits per heavy atom. The highest BCUT2D eigenvalue weighted by Gasteiger charge is 2.40. The minimum absolute atomic E-state index is 0.0442. The average Bonchev–Trinajstić information content (AvgIpc) is 4.01. The minimum atomic E-state index is -0.634. The van der Waals surface area contributed by atoms with E-state index < -0.39 is 12.2 Å². The first-order valence-corrected chi connectivity index (χ1v) is 26.4. The van der Waals surface area contributed by atoms with E-state index >= 15 is 0 Å².